The molecule has 162 valence electrons. The lowest BCUT2D eigenvalue weighted by Crippen LogP contribution is -2.20. The van der Waals surface area contributed by atoms with Gasteiger partial charge in [-0.05, 0) is 23.3 Å². The van der Waals surface area contributed by atoms with Crippen LogP contribution in [0, 0.1) is 10.1 Å². The van der Waals surface area contributed by atoms with Crippen molar-refractivity contribution in [1.29, 1.82) is 0 Å². The third kappa shape index (κ3) is 4.07. The van der Waals surface area contributed by atoms with Gasteiger partial charge in [-0.3, -0.25) is 20.2 Å². The van der Waals surface area contributed by atoms with E-state index in [9.17, 15) is 14.9 Å². The van der Waals surface area contributed by atoms with Crippen LogP contribution in [0.5, 0.6) is 0 Å². The molecule has 2 N–H and O–H groups in total. The van der Waals surface area contributed by atoms with Crippen LogP contribution < -0.4 is 10.6 Å². The first-order valence-corrected chi connectivity index (χ1v) is 10.2. The molecule has 0 fully saturated rings. The van der Waals surface area contributed by atoms with E-state index in [0.717, 1.165) is 16.8 Å². The summed E-state index contributed by atoms with van der Waals surface area (Å²) >= 11 is 0. The number of rotatable bonds is 5. The second-order valence-electron chi connectivity index (χ2n) is 7.39. The third-order valence-corrected chi connectivity index (χ3v) is 5.24. The number of fused-ring (bicyclic) bond motifs is 1. The second kappa shape index (κ2) is 8.39. The fourth-order valence-corrected chi connectivity index (χ4v) is 3.65. The smallest absolute Gasteiger partial charge is 0.270 e. The molecule has 3 aromatic carbocycles. The summed E-state index contributed by atoms with van der Waals surface area (Å²) in [5, 5.41) is 21.4. The minimum absolute atomic E-state index is 0.0950. The maximum absolute atomic E-state index is 12.7. The molecule has 1 atom stereocenters. The topological polar surface area (TPSA) is 115 Å². The average Bonchev–Trinajstić information content (AvgIpc) is 3.27. The summed E-state index contributed by atoms with van der Waals surface area (Å²) < 4.78 is 1.70. The number of carbonyl (C=O) groups excluding carboxylic acids is 1. The Morgan fingerprint density at radius 2 is 1.73 bits per heavy atom. The van der Waals surface area contributed by atoms with Crippen molar-refractivity contribution < 1.29 is 9.72 Å². The first kappa shape index (κ1) is 20.1. The van der Waals surface area contributed by atoms with Gasteiger partial charge in [0.25, 0.3) is 17.5 Å². The SMILES string of the molecule is O=C(Nc1nc2n(n1)[C@@H](c1ccccc1)C=C(c1ccccc1)N2)c1cccc([N+](=O)[O-])c1. The number of amides is 1. The maximum atomic E-state index is 12.7. The van der Waals surface area contributed by atoms with Gasteiger partial charge in [-0.15, -0.1) is 5.10 Å². The van der Waals surface area contributed by atoms with E-state index >= 15 is 0 Å². The maximum Gasteiger partial charge on any atom is 0.270 e. The highest BCUT2D eigenvalue weighted by Gasteiger charge is 2.26. The van der Waals surface area contributed by atoms with Gasteiger partial charge >= 0.3 is 0 Å². The van der Waals surface area contributed by atoms with Crippen molar-refractivity contribution >= 4 is 29.2 Å². The second-order valence-corrected chi connectivity index (χ2v) is 7.39. The third-order valence-electron chi connectivity index (χ3n) is 5.24. The van der Waals surface area contributed by atoms with Gasteiger partial charge in [-0.2, -0.15) is 4.98 Å². The van der Waals surface area contributed by atoms with Crippen molar-refractivity contribution in [1.82, 2.24) is 14.8 Å². The number of carbonyl (C=O) groups is 1. The molecule has 1 aliphatic heterocycles. The van der Waals surface area contributed by atoms with E-state index < -0.39 is 10.8 Å². The van der Waals surface area contributed by atoms with Gasteiger partial charge in [0.1, 0.15) is 6.04 Å². The van der Waals surface area contributed by atoms with Gasteiger partial charge in [0.15, 0.2) is 0 Å². The van der Waals surface area contributed by atoms with Gasteiger partial charge in [0.2, 0.25) is 5.95 Å². The van der Waals surface area contributed by atoms with Crippen LogP contribution in [-0.2, 0) is 0 Å². The molecule has 0 saturated heterocycles. The summed E-state index contributed by atoms with van der Waals surface area (Å²) in [7, 11) is 0. The Balaban J connectivity index is 1.48. The van der Waals surface area contributed by atoms with Crippen LogP contribution in [0.3, 0.4) is 0 Å². The number of hydrogen-bond acceptors (Lipinski definition) is 6. The molecule has 5 rings (SSSR count). The lowest BCUT2D eigenvalue weighted by atomic mass is 10.0. The van der Waals surface area contributed by atoms with Crippen LogP contribution in [0.4, 0.5) is 17.6 Å². The average molecular weight is 438 g/mol. The Hall–Kier alpha value is -4.79. The van der Waals surface area contributed by atoms with Crippen LogP contribution >= 0.6 is 0 Å². The Morgan fingerprint density at radius 3 is 2.45 bits per heavy atom. The molecular formula is C24H18N6O3. The number of nitrogens with zero attached hydrogens (tertiary/aromatic N) is 4. The number of allylic oxidation sites excluding steroid dienone is 1. The molecule has 2 heterocycles. The predicted molar refractivity (Wildman–Crippen MR) is 124 cm³/mol. The Labute approximate surface area is 188 Å². The van der Waals surface area contributed by atoms with E-state index in [4.69, 9.17) is 0 Å². The minimum atomic E-state index is -0.546. The van der Waals surface area contributed by atoms with Crippen LogP contribution in [0.2, 0.25) is 0 Å². The number of hydrogen-bond donors (Lipinski definition) is 2. The van der Waals surface area contributed by atoms with Crippen molar-refractivity contribution in [3.8, 4) is 0 Å². The summed E-state index contributed by atoms with van der Waals surface area (Å²) in [6.45, 7) is 0. The van der Waals surface area contributed by atoms with E-state index in [2.05, 4.69) is 26.8 Å². The minimum Gasteiger partial charge on any atom is -0.324 e. The molecule has 4 aromatic rings. The van der Waals surface area contributed by atoms with Crippen molar-refractivity contribution in [3.05, 3.63) is 118 Å². The summed E-state index contributed by atoms with van der Waals surface area (Å²) in [6, 6.07) is 25.0. The highest BCUT2D eigenvalue weighted by atomic mass is 16.6. The number of nitro groups is 1. The number of anilines is 2. The van der Waals surface area contributed by atoms with Crippen LogP contribution in [0.15, 0.2) is 91.0 Å². The van der Waals surface area contributed by atoms with E-state index in [0.29, 0.717) is 5.95 Å². The lowest BCUT2D eigenvalue weighted by Gasteiger charge is -2.24. The van der Waals surface area contributed by atoms with Gasteiger partial charge in [0.05, 0.1) is 4.92 Å². The predicted octanol–water partition coefficient (Wildman–Crippen LogP) is 4.49. The molecule has 9 heteroatoms. The number of non-ortho nitro benzene ring substituents is 1. The first-order valence-electron chi connectivity index (χ1n) is 10.2. The Kier molecular flexibility index (Phi) is 5.12. The molecule has 1 aliphatic rings. The van der Waals surface area contributed by atoms with Gasteiger partial charge in [-0.25, -0.2) is 4.68 Å². The summed E-state index contributed by atoms with van der Waals surface area (Å²) in [5.41, 5.74) is 2.86. The fraction of sp³-hybridized carbons (Fsp3) is 0.0417. The molecular weight excluding hydrogens is 420 g/mol. The highest BCUT2D eigenvalue weighted by Crippen LogP contribution is 2.33. The lowest BCUT2D eigenvalue weighted by molar-refractivity contribution is -0.384. The van der Waals surface area contributed by atoms with E-state index in [1.165, 1.54) is 24.3 Å². The van der Waals surface area contributed by atoms with Gasteiger partial charge in [-0.1, -0.05) is 66.7 Å². The number of aromatic nitrogens is 3. The Morgan fingerprint density at radius 1 is 1.00 bits per heavy atom. The highest BCUT2D eigenvalue weighted by molar-refractivity contribution is 6.03. The molecule has 9 nitrogen and oxygen atoms in total. The van der Waals surface area contributed by atoms with E-state index in [1.807, 2.05) is 60.7 Å². The molecule has 0 saturated carbocycles. The molecule has 1 amide bonds. The zero-order valence-electron chi connectivity index (χ0n) is 17.3. The van der Waals surface area contributed by atoms with Crippen molar-refractivity contribution in [3.63, 3.8) is 0 Å². The zero-order valence-corrected chi connectivity index (χ0v) is 17.3. The first-order chi connectivity index (χ1) is 16.1. The van der Waals surface area contributed by atoms with Crippen molar-refractivity contribution in [2.45, 2.75) is 6.04 Å². The van der Waals surface area contributed by atoms with Crippen molar-refractivity contribution in [2.75, 3.05) is 10.6 Å². The quantitative estimate of drug-likeness (QED) is 0.350. The van der Waals surface area contributed by atoms with Crippen LogP contribution in [0.25, 0.3) is 5.70 Å². The molecule has 0 bridgehead atoms. The summed E-state index contributed by atoms with van der Waals surface area (Å²) in [5.74, 6) is 0.0337. The van der Waals surface area contributed by atoms with Gasteiger partial charge < -0.3 is 5.32 Å². The standard InChI is InChI=1S/C24H18N6O3/c31-22(18-12-7-13-19(14-18)30(32)33)26-23-27-24-25-20(16-8-3-1-4-9-16)15-21(29(24)28-23)17-10-5-2-6-11-17/h1-15,21H,(H2,25,26,27,28,31)/t21-/m1/s1. The molecule has 0 radical (unpaired) electrons. The Bertz CT molecular complexity index is 1370. The number of benzene rings is 3. The molecule has 33 heavy (non-hydrogen) atoms. The molecule has 1 aromatic heterocycles. The number of nitro benzene ring substituents is 1. The molecule has 0 unspecified atom stereocenters. The van der Waals surface area contributed by atoms with Crippen LogP contribution in [-0.4, -0.2) is 25.6 Å². The fourth-order valence-electron chi connectivity index (χ4n) is 3.65. The van der Waals surface area contributed by atoms with E-state index in [1.54, 1.807) is 4.68 Å². The summed E-state index contributed by atoms with van der Waals surface area (Å²) in [4.78, 5) is 27.6. The molecule has 0 aliphatic carbocycles. The van der Waals surface area contributed by atoms with Gasteiger partial charge in [0, 0.05) is 23.4 Å². The normalized spacial score (nSPS) is 14.5. The monoisotopic (exact) mass is 438 g/mol. The largest absolute Gasteiger partial charge is 0.324 e. The van der Waals surface area contributed by atoms with Crippen molar-refractivity contribution in [2.24, 2.45) is 0 Å². The van der Waals surface area contributed by atoms with Crippen LogP contribution in [0.1, 0.15) is 27.5 Å². The molecule has 0 spiro atoms. The summed E-state index contributed by atoms with van der Waals surface area (Å²) in [6.07, 6.45) is 2.05. The van der Waals surface area contributed by atoms with E-state index in [-0.39, 0.29) is 23.2 Å². The number of nitrogens with one attached hydrogen (secondary N) is 2. The zero-order chi connectivity index (χ0) is 22.8.